The first-order chi connectivity index (χ1) is 10.4. The van der Waals surface area contributed by atoms with Gasteiger partial charge in [-0.25, -0.2) is 0 Å². The maximum absolute atomic E-state index is 10.0. The third-order valence-electron chi connectivity index (χ3n) is 5.26. The number of fused-ring (bicyclic) bond motifs is 1. The summed E-state index contributed by atoms with van der Waals surface area (Å²) in [5.41, 5.74) is -0.962. The summed E-state index contributed by atoms with van der Waals surface area (Å²) in [5.74, 6) is -0.714. The predicted molar refractivity (Wildman–Crippen MR) is 88.7 cm³/mol. The summed E-state index contributed by atoms with van der Waals surface area (Å²) in [6.45, 7) is 14.6. The van der Waals surface area contributed by atoms with Gasteiger partial charge in [0.25, 0.3) is 0 Å². The molecule has 0 spiro atoms. The SMILES string of the molecule is CO[C@H]1[C@H]2OC(C)(C)O[C@H]2O[C@@]1(CO)CO[Si](C)(C)C(C)(C)C. The van der Waals surface area contributed by atoms with Crippen molar-refractivity contribution in [3.63, 3.8) is 0 Å². The van der Waals surface area contributed by atoms with Crippen LogP contribution in [0.5, 0.6) is 0 Å². The highest BCUT2D eigenvalue weighted by atomic mass is 28.4. The van der Waals surface area contributed by atoms with Crippen molar-refractivity contribution in [1.82, 2.24) is 0 Å². The normalized spacial score (nSPS) is 37.2. The van der Waals surface area contributed by atoms with Gasteiger partial charge in [0.1, 0.15) is 17.8 Å². The van der Waals surface area contributed by atoms with E-state index in [9.17, 15) is 5.11 Å². The average molecular weight is 349 g/mol. The fraction of sp³-hybridized carbons (Fsp3) is 1.00. The van der Waals surface area contributed by atoms with E-state index in [1.807, 2.05) is 13.8 Å². The highest BCUT2D eigenvalue weighted by molar-refractivity contribution is 6.74. The van der Waals surface area contributed by atoms with E-state index in [-0.39, 0.29) is 24.4 Å². The first-order valence-corrected chi connectivity index (χ1v) is 11.1. The van der Waals surface area contributed by atoms with Crippen molar-refractivity contribution in [1.29, 1.82) is 0 Å². The number of methoxy groups -OCH3 is 1. The molecule has 2 aliphatic rings. The van der Waals surface area contributed by atoms with E-state index in [0.29, 0.717) is 0 Å². The second-order valence-corrected chi connectivity index (χ2v) is 13.3. The van der Waals surface area contributed by atoms with Gasteiger partial charge in [0.15, 0.2) is 20.4 Å². The Hall–Kier alpha value is -0.0231. The molecule has 0 aromatic heterocycles. The third-order valence-corrected chi connectivity index (χ3v) is 9.74. The fourth-order valence-electron chi connectivity index (χ4n) is 2.81. The molecule has 0 unspecified atom stereocenters. The molecule has 4 atom stereocenters. The van der Waals surface area contributed by atoms with Crippen molar-refractivity contribution in [3.05, 3.63) is 0 Å². The number of aliphatic hydroxyl groups is 1. The number of hydrogen-bond donors (Lipinski definition) is 1. The number of ether oxygens (including phenoxy) is 4. The van der Waals surface area contributed by atoms with Crippen LogP contribution in [0, 0.1) is 0 Å². The molecule has 2 aliphatic heterocycles. The minimum Gasteiger partial charge on any atom is -0.414 e. The molecular weight excluding hydrogens is 316 g/mol. The summed E-state index contributed by atoms with van der Waals surface area (Å²) in [4.78, 5) is 0. The highest BCUT2D eigenvalue weighted by Gasteiger charge is 2.62. The molecule has 2 rings (SSSR count). The molecule has 0 aromatic rings. The maximum atomic E-state index is 10.0. The minimum atomic E-state index is -1.97. The van der Waals surface area contributed by atoms with E-state index in [1.54, 1.807) is 7.11 Å². The van der Waals surface area contributed by atoms with E-state index in [0.717, 1.165) is 0 Å². The van der Waals surface area contributed by atoms with E-state index in [4.69, 9.17) is 23.4 Å². The smallest absolute Gasteiger partial charge is 0.192 e. The van der Waals surface area contributed by atoms with Crippen LogP contribution < -0.4 is 0 Å². The Morgan fingerprint density at radius 1 is 1.13 bits per heavy atom. The second-order valence-electron chi connectivity index (χ2n) is 8.51. The molecule has 7 heteroatoms. The first-order valence-electron chi connectivity index (χ1n) is 8.18. The average Bonchev–Trinajstić information content (AvgIpc) is 2.83. The quantitative estimate of drug-likeness (QED) is 0.769. The van der Waals surface area contributed by atoms with E-state index in [1.165, 1.54) is 0 Å². The minimum absolute atomic E-state index is 0.0790. The Labute approximate surface area is 140 Å². The molecule has 23 heavy (non-hydrogen) atoms. The lowest BCUT2D eigenvalue weighted by atomic mass is 9.97. The summed E-state index contributed by atoms with van der Waals surface area (Å²) in [5, 5.41) is 10.1. The molecule has 2 heterocycles. The van der Waals surface area contributed by atoms with Gasteiger partial charge < -0.3 is 28.5 Å². The molecule has 6 nitrogen and oxygen atoms in total. The zero-order valence-corrected chi connectivity index (χ0v) is 16.6. The van der Waals surface area contributed by atoms with Crippen LogP contribution in [0.15, 0.2) is 0 Å². The molecule has 0 radical (unpaired) electrons. The van der Waals surface area contributed by atoms with Crippen LogP contribution >= 0.6 is 0 Å². The maximum Gasteiger partial charge on any atom is 0.192 e. The zero-order valence-electron chi connectivity index (χ0n) is 15.6. The molecule has 136 valence electrons. The standard InChI is InChI=1S/C16H32O6Si/c1-14(2,3)23(7,8)19-10-16(9-17)12(18-6)11-13(22-16)21-15(4,5)20-11/h11-13,17H,9-10H2,1-8H3/t11-,12+,13+,16+/m1/s1. The van der Waals surface area contributed by atoms with Crippen molar-refractivity contribution >= 4 is 8.32 Å². The first kappa shape index (κ1) is 19.3. The van der Waals surface area contributed by atoms with Gasteiger partial charge in [-0.3, -0.25) is 0 Å². The van der Waals surface area contributed by atoms with E-state index in [2.05, 4.69) is 33.9 Å². The summed E-state index contributed by atoms with van der Waals surface area (Å²) in [7, 11) is -0.372. The van der Waals surface area contributed by atoms with Crippen LogP contribution in [-0.4, -0.2) is 63.6 Å². The summed E-state index contributed by atoms with van der Waals surface area (Å²) in [6.07, 6.45) is -1.36. The molecule has 0 saturated carbocycles. The summed E-state index contributed by atoms with van der Waals surface area (Å²) < 4.78 is 29.6. The largest absolute Gasteiger partial charge is 0.414 e. The Bertz CT molecular complexity index is 433. The molecule has 0 bridgehead atoms. The Morgan fingerprint density at radius 3 is 2.22 bits per heavy atom. The monoisotopic (exact) mass is 348 g/mol. The van der Waals surface area contributed by atoms with Crippen molar-refractivity contribution in [2.75, 3.05) is 20.3 Å². The van der Waals surface area contributed by atoms with Gasteiger partial charge in [-0.05, 0) is 32.0 Å². The number of aliphatic hydroxyl groups excluding tert-OH is 1. The van der Waals surface area contributed by atoms with E-state index >= 15 is 0 Å². The van der Waals surface area contributed by atoms with Crippen molar-refractivity contribution in [3.8, 4) is 0 Å². The van der Waals surface area contributed by atoms with Crippen LogP contribution in [-0.2, 0) is 23.4 Å². The van der Waals surface area contributed by atoms with Crippen LogP contribution in [0.2, 0.25) is 18.1 Å². The van der Waals surface area contributed by atoms with Crippen LogP contribution in [0.3, 0.4) is 0 Å². The van der Waals surface area contributed by atoms with Gasteiger partial charge in [0.2, 0.25) is 0 Å². The Balaban J connectivity index is 2.15. The summed E-state index contributed by atoms with van der Waals surface area (Å²) >= 11 is 0. The van der Waals surface area contributed by atoms with Gasteiger partial charge >= 0.3 is 0 Å². The zero-order chi connectivity index (χ0) is 17.7. The molecule has 0 aromatic carbocycles. The predicted octanol–water partition coefficient (Wildman–Crippen LogP) is 2.26. The van der Waals surface area contributed by atoms with Gasteiger partial charge in [-0.2, -0.15) is 0 Å². The van der Waals surface area contributed by atoms with Gasteiger partial charge in [0.05, 0.1) is 13.2 Å². The lowest BCUT2D eigenvalue weighted by Gasteiger charge is -2.41. The van der Waals surface area contributed by atoms with Gasteiger partial charge in [0, 0.05) is 7.11 Å². The molecule has 2 fully saturated rings. The molecule has 2 saturated heterocycles. The fourth-order valence-corrected chi connectivity index (χ4v) is 3.85. The summed E-state index contributed by atoms with van der Waals surface area (Å²) in [6, 6.07) is 0. The molecule has 0 amide bonds. The van der Waals surface area contributed by atoms with Crippen molar-refractivity contribution in [2.24, 2.45) is 0 Å². The highest BCUT2D eigenvalue weighted by Crippen LogP contribution is 2.45. The lowest BCUT2D eigenvalue weighted by Crippen LogP contribution is -2.55. The van der Waals surface area contributed by atoms with Gasteiger partial charge in [-0.15, -0.1) is 0 Å². The van der Waals surface area contributed by atoms with E-state index < -0.39 is 32.1 Å². The van der Waals surface area contributed by atoms with Crippen LogP contribution in [0.1, 0.15) is 34.6 Å². The van der Waals surface area contributed by atoms with Crippen LogP contribution in [0.25, 0.3) is 0 Å². The van der Waals surface area contributed by atoms with Gasteiger partial charge in [-0.1, -0.05) is 20.8 Å². The Morgan fingerprint density at radius 2 is 1.74 bits per heavy atom. The Kier molecular flexibility index (Phi) is 5.08. The van der Waals surface area contributed by atoms with Crippen molar-refractivity contribution < 1.29 is 28.5 Å². The lowest BCUT2D eigenvalue weighted by molar-refractivity contribution is -0.253. The number of hydrogen-bond acceptors (Lipinski definition) is 6. The van der Waals surface area contributed by atoms with Crippen molar-refractivity contribution in [2.45, 2.75) is 82.6 Å². The third kappa shape index (κ3) is 3.51. The second kappa shape index (κ2) is 6.05. The molecule has 1 N–H and O–H groups in total. The molecule has 0 aliphatic carbocycles. The topological polar surface area (TPSA) is 66.4 Å². The molecular formula is C16H32O6Si. The van der Waals surface area contributed by atoms with Crippen LogP contribution in [0.4, 0.5) is 0 Å². The number of rotatable bonds is 5.